The number of aromatic nitrogens is 2. The van der Waals surface area contributed by atoms with Crippen LogP contribution in [0.4, 0.5) is 4.79 Å². The van der Waals surface area contributed by atoms with E-state index in [4.69, 9.17) is 4.74 Å². The summed E-state index contributed by atoms with van der Waals surface area (Å²) in [6.07, 6.45) is 4.57. The van der Waals surface area contributed by atoms with Gasteiger partial charge in [0.25, 0.3) is 0 Å². The predicted molar refractivity (Wildman–Crippen MR) is 131 cm³/mol. The molecular weight excluding hydrogens is 430 g/mol. The van der Waals surface area contributed by atoms with E-state index >= 15 is 0 Å². The number of nitrogens with zero attached hydrogens (tertiary/aromatic N) is 4. The molecule has 0 radical (unpaired) electrons. The molecule has 2 aliphatic heterocycles. The smallest absolute Gasteiger partial charge is 0.318 e. The Bertz CT molecular complexity index is 1190. The Labute approximate surface area is 200 Å². The lowest BCUT2D eigenvalue weighted by Gasteiger charge is -2.56. The lowest BCUT2D eigenvalue weighted by molar-refractivity contribution is 0.00548. The van der Waals surface area contributed by atoms with E-state index in [1.165, 1.54) is 16.5 Å². The number of carbonyl (C=O) groups is 1. The van der Waals surface area contributed by atoms with Crippen molar-refractivity contribution in [1.82, 2.24) is 24.7 Å². The van der Waals surface area contributed by atoms with Gasteiger partial charge in [0.15, 0.2) is 0 Å². The van der Waals surface area contributed by atoms with Crippen molar-refractivity contribution >= 4 is 16.9 Å². The van der Waals surface area contributed by atoms with Crippen molar-refractivity contribution in [2.45, 2.75) is 31.3 Å². The van der Waals surface area contributed by atoms with Crippen LogP contribution in [0.2, 0.25) is 0 Å². The molecule has 4 heterocycles. The number of fused-ring (bicyclic) bond motifs is 4. The van der Waals surface area contributed by atoms with Crippen LogP contribution in [0.15, 0.2) is 42.7 Å². The topological polar surface area (TPSA) is 82.9 Å². The molecule has 1 aromatic carbocycles. The van der Waals surface area contributed by atoms with Crippen LogP contribution in [-0.4, -0.2) is 70.4 Å². The van der Waals surface area contributed by atoms with Gasteiger partial charge in [0.05, 0.1) is 25.3 Å². The maximum atomic E-state index is 13.2. The molecule has 2 aliphatic rings. The molecule has 180 valence electrons. The third-order valence-corrected chi connectivity index (χ3v) is 7.29. The Morgan fingerprint density at radius 2 is 2.12 bits per heavy atom. The fourth-order valence-corrected chi connectivity index (χ4v) is 5.83. The number of amides is 2. The number of benzene rings is 1. The van der Waals surface area contributed by atoms with E-state index in [1.54, 1.807) is 13.3 Å². The Kier molecular flexibility index (Phi) is 5.95. The van der Waals surface area contributed by atoms with E-state index in [0.29, 0.717) is 13.1 Å². The number of carbonyl (C=O) groups excluding carboxylic acids is 1. The molecule has 34 heavy (non-hydrogen) atoms. The summed E-state index contributed by atoms with van der Waals surface area (Å²) in [5.41, 5.74) is 4.32. The summed E-state index contributed by atoms with van der Waals surface area (Å²) in [6, 6.07) is 9.72. The number of hydrogen-bond donors (Lipinski definition) is 2. The maximum absolute atomic E-state index is 13.2. The van der Waals surface area contributed by atoms with Crippen LogP contribution in [0.5, 0.6) is 5.75 Å². The van der Waals surface area contributed by atoms with Gasteiger partial charge < -0.3 is 24.6 Å². The largest absolute Gasteiger partial charge is 0.497 e. The fourth-order valence-electron chi connectivity index (χ4n) is 5.83. The maximum Gasteiger partial charge on any atom is 0.318 e. The predicted octanol–water partition coefficient (Wildman–Crippen LogP) is 2.80. The first kappa shape index (κ1) is 22.7. The van der Waals surface area contributed by atoms with E-state index in [2.05, 4.69) is 31.9 Å². The molecule has 8 heteroatoms. The number of hydrogen-bond acceptors (Lipinski definition) is 5. The average Bonchev–Trinajstić information content (AvgIpc) is 3.14. The first-order valence-electron chi connectivity index (χ1n) is 11.9. The van der Waals surface area contributed by atoms with Gasteiger partial charge in [-0.05, 0) is 35.7 Å². The van der Waals surface area contributed by atoms with Crippen LogP contribution >= 0.6 is 0 Å². The molecule has 2 N–H and O–H groups in total. The van der Waals surface area contributed by atoms with Gasteiger partial charge in [-0.1, -0.05) is 13.0 Å². The third kappa shape index (κ3) is 3.61. The third-order valence-electron chi connectivity index (χ3n) is 7.29. The number of ether oxygens (including phenoxy) is 1. The number of aliphatic hydroxyl groups is 1. The van der Waals surface area contributed by atoms with Crippen LogP contribution in [0.3, 0.4) is 0 Å². The molecule has 0 unspecified atom stereocenters. The molecule has 2 amide bonds. The molecule has 2 aromatic heterocycles. The number of likely N-dealkylation sites (tertiary alicyclic amines) is 1. The highest BCUT2D eigenvalue weighted by molar-refractivity contribution is 5.90. The number of aliphatic hydroxyl groups excluding tert-OH is 1. The van der Waals surface area contributed by atoms with E-state index in [9.17, 15) is 9.90 Å². The van der Waals surface area contributed by atoms with Crippen LogP contribution in [-0.2, 0) is 19.0 Å². The highest BCUT2D eigenvalue weighted by Gasteiger charge is 2.54. The van der Waals surface area contributed by atoms with Crippen molar-refractivity contribution in [3.8, 4) is 5.75 Å². The number of nitrogens with one attached hydrogen (secondary N) is 1. The van der Waals surface area contributed by atoms with Gasteiger partial charge in [-0.15, -0.1) is 0 Å². The second-order valence-electron chi connectivity index (χ2n) is 9.55. The first-order chi connectivity index (χ1) is 16.5. The van der Waals surface area contributed by atoms with Gasteiger partial charge in [0.1, 0.15) is 5.75 Å². The van der Waals surface area contributed by atoms with Gasteiger partial charge in [-0.2, -0.15) is 0 Å². The zero-order valence-electron chi connectivity index (χ0n) is 20.1. The first-order valence-corrected chi connectivity index (χ1v) is 11.9. The van der Waals surface area contributed by atoms with Gasteiger partial charge in [-0.25, -0.2) is 4.79 Å². The standard InChI is InChI=1S/C26H33N5O3/c1-4-9-28-25(33)31-17-26(15-30(16-26)13-18-6-5-10-27-12-18)23-20-8-7-19(34-3)11-21(20)29(2)24(23)22(31)14-32/h5-8,10-12,22,32H,4,9,13-17H2,1-3H3,(H,28,33)/t22-/m0/s1. The summed E-state index contributed by atoms with van der Waals surface area (Å²) in [7, 11) is 3.70. The van der Waals surface area contributed by atoms with E-state index in [0.717, 1.165) is 43.0 Å². The molecule has 0 saturated carbocycles. The second-order valence-corrected chi connectivity index (χ2v) is 9.55. The molecule has 8 nitrogen and oxygen atoms in total. The summed E-state index contributed by atoms with van der Waals surface area (Å²) in [6.45, 7) is 5.63. The minimum absolute atomic E-state index is 0.112. The minimum Gasteiger partial charge on any atom is -0.497 e. The van der Waals surface area contributed by atoms with E-state index in [-0.39, 0.29) is 18.1 Å². The molecule has 5 rings (SSSR count). The zero-order chi connectivity index (χ0) is 23.9. The Balaban J connectivity index is 1.58. The number of pyridine rings is 1. The van der Waals surface area contributed by atoms with Crippen molar-refractivity contribution in [3.05, 3.63) is 59.5 Å². The van der Waals surface area contributed by atoms with Crippen LogP contribution in [0, 0.1) is 0 Å². The normalized spacial score (nSPS) is 19.2. The molecule has 1 atom stereocenters. The van der Waals surface area contributed by atoms with Crippen molar-refractivity contribution in [1.29, 1.82) is 0 Å². The Morgan fingerprint density at radius 3 is 2.79 bits per heavy atom. The highest BCUT2D eigenvalue weighted by Crippen LogP contribution is 2.49. The molecular formula is C26H33N5O3. The zero-order valence-corrected chi connectivity index (χ0v) is 20.1. The summed E-state index contributed by atoms with van der Waals surface area (Å²) >= 11 is 0. The van der Waals surface area contributed by atoms with Gasteiger partial charge in [0.2, 0.25) is 0 Å². The summed E-state index contributed by atoms with van der Waals surface area (Å²) in [4.78, 5) is 21.7. The monoisotopic (exact) mass is 463 g/mol. The van der Waals surface area contributed by atoms with Crippen molar-refractivity contribution in [2.75, 3.05) is 39.9 Å². The highest BCUT2D eigenvalue weighted by atomic mass is 16.5. The quantitative estimate of drug-likeness (QED) is 0.588. The van der Waals surface area contributed by atoms with Crippen molar-refractivity contribution < 1.29 is 14.6 Å². The molecule has 3 aromatic rings. The SMILES string of the molecule is CCCNC(=O)N1CC2(CN(Cc3cccnc3)C2)c2c(n(C)c3cc(OC)ccc23)[C@@H]1CO. The van der Waals surface area contributed by atoms with Gasteiger partial charge >= 0.3 is 6.03 Å². The van der Waals surface area contributed by atoms with Crippen molar-refractivity contribution in [3.63, 3.8) is 0 Å². The summed E-state index contributed by atoms with van der Waals surface area (Å²) < 4.78 is 7.63. The number of methoxy groups -OCH3 is 1. The minimum atomic E-state index is -0.395. The van der Waals surface area contributed by atoms with Gasteiger partial charge in [-0.3, -0.25) is 9.88 Å². The summed E-state index contributed by atoms with van der Waals surface area (Å²) in [5.74, 6) is 0.796. The lowest BCUT2D eigenvalue weighted by Crippen LogP contribution is -2.67. The Hall–Kier alpha value is -3.10. The average molecular weight is 464 g/mol. The van der Waals surface area contributed by atoms with Crippen LogP contribution in [0.25, 0.3) is 10.9 Å². The van der Waals surface area contributed by atoms with Gasteiger partial charge in [0, 0.05) is 74.7 Å². The number of urea groups is 1. The molecule has 1 spiro atoms. The molecule has 0 bridgehead atoms. The van der Waals surface area contributed by atoms with Crippen LogP contribution in [0.1, 0.15) is 36.2 Å². The summed E-state index contributed by atoms with van der Waals surface area (Å²) in [5, 5.41) is 14.7. The molecule has 1 saturated heterocycles. The Morgan fingerprint density at radius 1 is 1.29 bits per heavy atom. The number of rotatable bonds is 6. The van der Waals surface area contributed by atoms with Crippen LogP contribution < -0.4 is 10.1 Å². The van der Waals surface area contributed by atoms with E-state index < -0.39 is 6.04 Å². The molecule has 1 fully saturated rings. The van der Waals surface area contributed by atoms with Crippen molar-refractivity contribution in [2.24, 2.45) is 7.05 Å². The lowest BCUT2D eigenvalue weighted by atomic mass is 9.68. The second kappa shape index (κ2) is 8.92. The fraction of sp³-hybridized carbons (Fsp3) is 0.462. The number of aryl methyl sites for hydroxylation is 1. The molecule has 0 aliphatic carbocycles. The van der Waals surface area contributed by atoms with E-state index in [1.807, 2.05) is 43.3 Å².